The fourth-order valence-corrected chi connectivity index (χ4v) is 4.52. The lowest BCUT2D eigenvalue weighted by atomic mass is 10.1. The van der Waals surface area contributed by atoms with Gasteiger partial charge in [-0.3, -0.25) is 4.79 Å². The molecule has 156 valence electrons. The Kier molecular flexibility index (Phi) is 6.25. The fraction of sp³-hybridized carbons (Fsp3) is 0.304. The molecule has 1 aromatic heterocycles. The Bertz CT molecular complexity index is 1120. The van der Waals surface area contributed by atoms with Gasteiger partial charge in [-0.25, -0.2) is 0 Å². The van der Waals surface area contributed by atoms with Gasteiger partial charge in [-0.15, -0.1) is 0 Å². The number of anilines is 1. The highest BCUT2D eigenvalue weighted by Crippen LogP contribution is 2.27. The van der Waals surface area contributed by atoms with E-state index < -0.39 is 0 Å². The van der Waals surface area contributed by atoms with Crippen LogP contribution >= 0.6 is 23.8 Å². The van der Waals surface area contributed by atoms with Gasteiger partial charge in [-0.05, 0) is 67.5 Å². The zero-order valence-electron chi connectivity index (χ0n) is 16.8. The molecule has 2 aromatic carbocycles. The van der Waals surface area contributed by atoms with Crippen LogP contribution in [0.25, 0.3) is 10.9 Å². The Hall–Kier alpha value is -2.57. The molecule has 0 bridgehead atoms. The lowest BCUT2D eigenvalue weighted by molar-refractivity contribution is 0.311. The molecule has 4 rings (SSSR count). The van der Waals surface area contributed by atoms with E-state index >= 15 is 0 Å². The van der Waals surface area contributed by atoms with E-state index in [0.717, 1.165) is 35.2 Å². The van der Waals surface area contributed by atoms with Crippen molar-refractivity contribution in [3.63, 3.8) is 0 Å². The zero-order chi connectivity index (χ0) is 21.1. The van der Waals surface area contributed by atoms with Gasteiger partial charge in [0.2, 0.25) is 0 Å². The van der Waals surface area contributed by atoms with Crippen LogP contribution in [0.15, 0.2) is 53.3 Å². The Balaban J connectivity index is 1.64. The first kappa shape index (κ1) is 20.7. The van der Waals surface area contributed by atoms with Crippen molar-refractivity contribution < 1.29 is 4.74 Å². The topological polar surface area (TPSA) is 57.4 Å². The summed E-state index contributed by atoms with van der Waals surface area (Å²) < 4.78 is 5.33. The maximum Gasteiger partial charge on any atom is 0.253 e. The minimum Gasteiger partial charge on any atom is -0.497 e. The molecule has 0 aliphatic heterocycles. The number of hydrogen-bond acceptors (Lipinski definition) is 3. The van der Waals surface area contributed by atoms with Gasteiger partial charge in [0, 0.05) is 33.2 Å². The quantitative estimate of drug-likeness (QED) is 0.524. The van der Waals surface area contributed by atoms with E-state index in [1.165, 1.54) is 12.8 Å². The lowest BCUT2D eigenvalue weighted by Crippen LogP contribution is -2.42. The van der Waals surface area contributed by atoms with Crippen molar-refractivity contribution in [1.29, 1.82) is 0 Å². The summed E-state index contributed by atoms with van der Waals surface area (Å²) >= 11 is 11.9. The monoisotopic (exact) mass is 441 g/mol. The summed E-state index contributed by atoms with van der Waals surface area (Å²) in [6, 6.07) is 15.4. The standard InChI is InChI=1S/C23H24ClN3O2S/c1-29-20-9-10-21-15(12-20)11-16(22(28)26-21)14-27(19-7-2-3-8-19)23(30)25-18-6-4-5-17(24)13-18/h4-6,9-13,19H,2-3,7-8,14H2,1H3,(H,25,30)(H,26,28). The number of H-pyrrole nitrogens is 1. The molecule has 0 saturated heterocycles. The van der Waals surface area contributed by atoms with E-state index in [4.69, 9.17) is 28.6 Å². The average molecular weight is 442 g/mol. The molecule has 30 heavy (non-hydrogen) atoms. The average Bonchev–Trinajstić information content (AvgIpc) is 3.26. The molecule has 3 aromatic rings. The molecule has 1 aliphatic rings. The minimum absolute atomic E-state index is 0.0961. The Morgan fingerprint density at radius 1 is 1.23 bits per heavy atom. The van der Waals surface area contributed by atoms with Gasteiger partial charge in [0.05, 0.1) is 13.7 Å². The van der Waals surface area contributed by atoms with Gasteiger partial charge in [-0.1, -0.05) is 30.5 Å². The van der Waals surface area contributed by atoms with Crippen LogP contribution in [0.4, 0.5) is 5.69 Å². The van der Waals surface area contributed by atoms with Crippen molar-refractivity contribution in [2.24, 2.45) is 0 Å². The first-order chi connectivity index (χ1) is 14.5. The number of hydrogen-bond donors (Lipinski definition) is 2. The summed E-state index contributed by atoms with van der Waals surface area (Å²) in [7, 11) is 1.63. The van der Waals surface area contributed by atoms with Crippen LogP contribution in [-0.4, -0.2) is 28.1 Å². The first-order valence-corrected chi connectivity index (χ1v) is 10.9. The maximum absolute atomic E-state index is 12.8. The lowest BCUT2D eigenvalue weighted by Gasteiger charge is -2.31. The molecule has 1 saturated carbocycles. The molecule has 0 spiro atoms. The summed E-state index contributed by atoms with van der Waals surface area (Å²) in [6.45, 7) is 0.444. The van der Waals surface area contributed by atoms with Crippen LogP contribution in [0.2, 0.25) is 5.02 Å². The smallest absolute Gasteiger partial charge is 0.253 e. The molecule has 5 nitrogen and oxygen atoms in total. The maximum atomic E-state index is 12.8. The van der Waals surface area contributed by atoms with E-state index in [1.807, 2.05) is 48.5 Å². The summed E-state index contributed by atoms with van der Waals surface area (Å²) in [5.41, 5.74) is 2.21. The van der Waals surface area contributed by atoms with E-state index in [9.17, 15) is 4.79 Å². The van der Waals surface area contributed by atoms with Crippen LogP contribution in [0.5, 0.6) is 5.75 Å². The van der Waals surface area contributed by atoms with Crippen LogP contribution in [0.3, 0.4) is 0 Å². The Labute approximate surface area is 186 Å². The second kappa shape index (κ2) is 9.06. The third-order valence-electron chi connectivity index (χ3n) is 5.57. The Morgan fingerprint density at radius 2 is 2.03 bits per heavy atom. The highest BCUT2D eigenvalue weighted by atomic mass is 35.5. The van der Waals surface area contributed by atoms with Gasteiger partial charge in [0.1, 0.15) is 5.75 Å². The molecule has 1 heterocycles. The van der Waals surface area contributed by atoms with Gasteiger partial charge < -0.3 is 19.9 Å². The van der Waals surface area contributed by atoms with Crippen molar-refractivity contribution in [3.05, 3.63) is 69.5 Å². The van der Waals surface area contributed by atoms with Crippen molar-refractivity contribution in [2.45, 2.75) is 38.3 Å². The van der Waals surface area contributed by atoms with Crippen LogP contribution in [0, 0.1) is 0 Å². The van der Waals surface area contributed by atoms with E-state index in [1.54, 1.807) is 7.11 Å². The Morgan fingerprint density at radius 3 is 2.77 bits per heavy atom. The SMILES string of the molecule is COc1ccc2[nH]c(=O)c(CN(C(=S)Nc3cccc(Cl)c3)C3CCCC3)cc2c1. The third-order valence-corrected chi connectivity index (χ3v) is 6.14. The van der Waals surface area contributed by atoms with Gasteiger partial charge in [0.15, 0.2) is 5.11 Å². The molecule has 1 fully saturated rings. The van der Waals surface area contributed by atoms with Gasteiger partial charge >= 0.3 is 0 Å². The van der Waals surface area contributed by atoms with E-state index in [-0.39, 0.29) is 5.56 Å². The van der Waals surface area contributed by atoms with Crippen molar-refractivity contribution in [1.82, 2.24) is 9.88 Å². The molecule has 2 N–H and O–H groups in total. The summed E-state index contributed by atoms with van der Waals surface area (Å²) in [5, 5.41) is 5.48. The second-order valence-corrected chi connectivity index (χ2v) is 8.41. The predicted octanol–water partition coefficient (Wildman–Crippen LogP) is 5.33. The van der Waals surface area contributed by atoms with Crippen LogP contribution in [0.1, 0.15) is 31.2 Å². The molecular formula is C23H24ClN3O2S. The highest BCUT2D eigenvalue weighted by molar-refractivity contribution is 7.80. The normalized spacial score (nSPS) is 14.1. The van der Waals surface area contributed by atoms with E-state index in [0.29, 0.717) is 28.3 Å². The number of benzene rings is 2. The number of ether oxygens (including phenoxy) is 1. The summed E-state index contributed by atoms with van der Waals surface area (Å²) in [6.07, 6.45) is 4.48. The van der Waals surface area contributed by atoms with E-state index in [2.05, 4.69) is 15.2 Å². The number of halogens is 1. The summed E-state index contributed by atoms with van der Waals surface area (Å²) in [5.74, 6) is 0.756. The third kappa shape index (κ3) is 4.60. The first-order valence-electron chi connectivity index (χ1n) is 10.1. The van der Waals surface area contributed by atoms with Crippen LogP contribution < -0.4 is 15.6 Å². The molecule has 7 heteroatoms. The number of pyridine rings is 1. The molecule has 1 aliphatic carbocycles. The number of methoxy groups -OCH3 is 1. The summed E-state index contributed by atoms with van der Waals surface area (Å²) in [4.78, 5) is 17.9. The molecule has 0 radical (unpaired) electrons. The number of aromatic nitrogens is 1. The zero-order valence-corrected chi connectivity index (χ0v) is 18.4. The molecule has 0 amide bonds. The fourth-order valence-electron chi connectivity index (χ4n) is 4.00. The van der Waals surface area contributed by atoms with Crippen molar-refractivity contribution in [3.8, 4) is 5.75 Å². The number of thiocarbonyl (C=S) groups is 1. The molecule has 0 unspecified atom stereocenters. The largest absolute Gasteiger partial charge is 0.497 e. The van der Waals surface area contributed by atoms with Crippen molar-refractivity contribution in [2.75, 3.05) is 12.4 Å². The minimum atomic E-state index is -0.0961. The van der Waals surface area contributed by atoms with Gasteiger partial charge in [-0.2, -0.15) is 0 Å². The predicted molar refractivity (Wildman–Crippen MR) is 127 cm³/mol. The number of rotatable bonds is 5. The number of nitrogens with zero attached hydrogens (tertiary/aromatic N) is 1. The molecule has 0 atom stereocenters. The number of fused-ring (bicyclic) bond motifs is 1. The van der Waals surface area contributed by atoms with Gasteiger partial charge in [0.25, 0.3) is 5.56 Å². The molecular weight excluding hydrogens is 418 g/mol. The highest BCUT2D eigenvalue weighted by Gasteiger charge is 2.26. The second-order valence-electron chi connectivity index (χ2n) is 7.58. The number of nitrogens with one attached hydrogen (secondary N) is 2. The number of aromatic amines is 1. The van der Waals surface area contributed by atoms with Crippen LogP contribution in [-0.2, 0) is 6.54 Å². The van der Waals surface area contributed by atoms with Crippen molar-refractivity contribution >= 4 is 45.5 Å².